The van der Waals surface area contributed by atoms with Crippen molar-refractivity contribution in [1.82, 2.24) is 10.2 Å². The van der Waals surface area contributed by atoms with Gasteiger partial charge in [-0.1, -0.05) is 12.1 Å². The maximum atomic E-state index is 12.1. The highest BCUT2D eigenvalue weighted by molar-refractivity contribution is 5.85. The topological polar surface area (TPSA) is 41.6 Å². The number of carbonyl (C=O) groups excluding carboxylic acids is 1. The molecule has 0 spiro atoms. The van der Waals surface area contributed by atoms with E-state index in [4.69, 9.17) is 4.74 Å². The molecule has 20 heavy (non-hydrogen) atoms. The van der Waals surface area contributed by atoms with Crippen molar-refractivity contribution >= 4 is 18.3 Å². The van der Waals surface area contributed by atoms with Crippen LogP contribution in [-0.4, -0.2) is 44.1 Å². The van der Waals surface area contributed by atoms with Crippen molar-refractivity contribution in [2.24, 2.45) is 0 Å². The van der Waals surface area contributed by atoms with Gasteiger partial charge in [0, 0.05) is 26.1 Å². The van der Waals surface area contributed by atoms with Crippen molar-refractivity contribution in [3.05, 3.63) is 29.8 Å². The molecule has 0 radical (unpaired) electrons. The molecule has 112 valence electrons. The number of likely N-dealkylation sites (N-methyl/N-ethyl adjacent to an activating group) is 1. The van der Waals surface area contributed by atoms with Crippen molar-refractivity contribution in [1.29, 1.82) is 0 Å². The van der Waals surface area contributed by atoms with Gasteiger partial charge in [0.1, 0.15) is 5.75 Å². The summed E-state index contributed by atoms with van der Waals surface area (Å²) in [5, 5.41) is 3.29. The van der Waals surface area contributed by atoms with Crippen molar-refractivity contribution in [2.45, 2.75) is 25.3 Å². The van der Waals surface area contributed by atoms with Gasteiger partial charge in [0.05, 0.1) is 7.11 Å². The zero-order valence-corrected chi connectivity index (χ0v) is 12.9. The molecular weight excluding hydrogens is 276 g/mol. The molecule has 0 aliphatic carbocycles. The van der Waals surface area contributed by atoms with Crippen LogP contribution in [0.15, 0.2) is 24.3 Å². The largest absolute Gasteiger partial charge is 0.497 e. The molecule has 4 nitrogen and oxygen atoms in total. The number of benzene rings is 1. The second-order valence-electron chi connectivity index (χ2n) is 5.00. The lowest BCUT2D eigenvalue weighted by atomic mass is 10.1. The molecule has 1 unspecified atom stereocenters. The van der Waals surface area contributed by atoms with Crippen LogP contribution < -0.4 is 10.1 Å². The van der Waals surface area contributed by atoms with Crippen LogP contribution in [0.5, 0.6) is 5.75 Å². The quantitative estimate of drug-likeness (QED) is 0.902. The highest BCUT2D eigenvalue weighted by Crippen LogP contribution is 2.15. The third-order valence-electron chi connectivity index (χ3n) is 3.74. The van der Waals surface area contributed by atoms with Crippen LogP contribution in [0, 0.1) is 0 Å². The molecule has 2 rings (SSSR count). The van der Waals surface area contributed by atoms with E-state index in [1.165, 1.54) is 0 Å². The average molecular weight is 299 g/mol. The summed E-state index contributed by atoms with van der Waals surface area (Å²) in [6.45, 7) is 1.93. The van der Waals surface area contributed by atoms with Gasteiger partial charge in [-0.15, -0.1) is 12.4 Å². The summed E-state index contributed by atoms with van der Waals surface area (Å²) in [5.41, 5.74) is 1.14. The Morgan fingerprint density at radius 3 is 2.95 bits per heavy atom. The van der Waals surface area contributed by atoms with Crippen molar-refractivity contribution in [2.75, 3.05) is 27.2 Å². The van der Waals surface area contributed by atoms with E-state index in [0.29, 0.717) is 12.5 Å². The third kappa shape index (κ3) is 4.39. The number of carbonyl (C=O) groups is 1. The number of amides is 1. The number of ether oxygens (including phenoxy) is 1. The van der Waals surface area contributed by atoms with E-state index in [1.54, 1.807) is 7.11 Å². The molecule has 1 N–H and O–H groups in total. The first-order valence-electron chi connectivity index (χ1n) is 6.80. The first-order chi connectivity index (χ1) is 9.20. The Balaban J connectivity index is 0.00000200. The molecule has 1 amide bonds. The molecular formula is C15H23ClN2O2. The van der Waals surface area contributed by atoms with Gasteiger partial charge in [-0.25, -0.2) is 0 Å². The second kappa shape index (κ2) is 8.12. The lowest BCUT2D eigenvalue weighted by molar-refractivity contribution is -0.131. The van der Waals surface area contributed by atoms with Crippen LogP contribution in [0.1, 0.15) is 18.4 Å². The van der Waals surface area contributed by atoms with Crippen LogP contribution in [-0.2, 0) is 11.2 Å². The Bertz CT molecular complexity index is 434. The van der Waals surface area contributed by atoms with Gasteiger partial charge in [-0.05, 0) is 37.1 Å². The summed E-state index contributed by atoms with van der Waals surface area (Å²) in [6.07, 6.45) is 2.38. The lowest BCUT2D eigenvalue weighted by Gasteiger charge is -2.23. The minimum atomic E-state index is 0. The highest BCUT2D eigenvalue weighted by atomic mass is 35.5. The van der Waals surface area contributed by atoms with Crippen LogP contribution in [0.3, 0.4) is 0 Å². The minimum Gasteiger partial charge on any atom is -0.497 e. The molecule has 1 heterocycles. The summed E-state index contributed by atoms with van der Waals surface area (Å²) in [4.78, 5) is 14.0. The van der Waals surface area contributed by atoms with E-state index in [2.05, 4.69) is 5.32 Å². The smallest absolute Gasteiger partial charge is 0.222 e. The molecule has 1 aliphatic heterocycles. The molecule has 1 aromatic rings. The summed E-state index contributed by atoms with van der Waals surface area (Å²) in [5.74, 6) is 1.06. The number of halogens is 1. The molecule has 0 saturated carbocycles. The normalized spacial score (nSPS) is 17.4. The molecule has 1 saturated heterocycles. The van der Waals surface area contributed by atoms with Crippen LogP contribution in [0.4, 0.5) is 0 Å². The predicted octanol–water partition coefficient (Wildman–Crippen LogP) is 1.87. The van der Waals surface area contributed by atoms with Gasteiger partial charge in [-0.3, -0.25) is 4.79 Å². The monoisotopic (exact) mass is 298 g/mol. The average Bonchev–Trinajstić information content (AvgIpc) is 2.98. The van der Waals surface area contributed by atoms with Gasteiger partial charge in [0.15, 0.2) is 0 Å². The standard InChI is InChI=1S/C15H22N2O2.ClH/c1-17(13-8-9-16-11-13)15(18)7-6-12-4-3-5-14(10-12)19-2;/h3-5,10,13,16H,6-9,11H2,1-2H3;1H. The number of rotatable bonds is 5. The molecule has 1 atom stereocenters. The van der Waals surface area contributed by atoms with Crippen molar-refractivity contribution < 1.29 is 9.53 Å². The number of methoxy groups -OCH3 is 1. The summed E-state index contributed by atoms with van der Waals surface area (Å²) in [6, 6.07) is 8.26. The zero-order chi connectivity index (χ0) is 13.7. The number of hydrogen-bond acceptors (Lipinski definition) is 3. The van der Waals surface area contributed by atoms with Crippen LogP contribution in [0.2, 0.25) is 0 Å². The van der Waals surface area contributed by atoms with E-state index in [1.807, 2.05) is 36.2 Å². The van der Waals surface area contributed by atoms with Gasteiger partial charge < -0.3 is 15.0 Å². The molecule has 1 aromatic carbocycles. The highest BCUT2D eigenvalue weighted by Gasteiger charge is 2.22. The summed E-state index contributed by atoms with van der Waals surface area (Å²) >= 11 is 0. The molecule has 1 aliphatic rings. The molecule has 0 bridgehead atoms. The summed E-state index contributed by atoms with van der Waals surface area (Å²) in [7, 11) is 3.57. The number of nitrogens with zero attached hydrogens (tertiary/aromatic N) is 1. The van der Waals surface area contributed by atoms with Gasteiger partial charge in [0.25, 0.3) is 0 Å². The van der Waals surface area contributed by atoms with Gasteiger partial charge in [-0.2, -0.15) is 0 Å². The molecule has 0 aromatic heterocycles. The first kappa shape index (κ1) is 16.8. The number of aryl methyl sites for hydroxylation is 1. The van der Waals surface area contributed by atoms with Gasteiger partial charge >= 0.3 is 0 Å². The van der Waals surface area contributed by atoms with E-state index in [9.17, 15) is 4.79 Å². The Hall–Kier alpha value is -1.26. The van der Waals surface area contributed by atoms with Crippen molar-refractivity contribution in [3.63, 3.8) is 0 Å². The van der Waals surface area contributed by atoms with Gasteiger partial charge in [0.2, 0.25) is 5.91 Å². The molecule has 1 fully saturated rings. The fourth-order valence-corrected chi connectivity index (χ4v) is 2.43. The fourth-order valence-electron chi connectivity index (χ4n) is 2.43. The number of hydrogen-bond donors (Lipinski definition) is 1. The minimum absolute atomic E-state index is 0. The van der Waals surface area contributed by atoms with E-state index < -0.39 is 0 Å². The Morgan fingerprint density at radius 1 is 1.50 bits per heavy atom. The Labute approximate surface area is 126 Å². The second-order valence-corrected chi connectivity index (χ2v) is 5.00. The molecule has 5 heteroatoms. The SMILES string of the molecule is COc1cccc(CCC(=O)N(C)C2CCNC2)c1.Cl. The Kier molecular flexibility index (Phi) is 6.82. The van der Waals surface area contributed by atoms with E-state index >= 15 is 0 Å². The van der Waals surface area contributed by atoms with E-state index in [-0.39, 0.29) is 18.3 Å². The summed E-state index contributed by atoms with van der Waals surface area (Å²) < 4.78 is 5.19. The maximum Gasteiger partial charge on any atom is 0.222 e. The lowest BCUT2D eigenvalue weighted by Crippen LogP contribution is -2.38. The zero-order valence-electron chi connectivity index (χ0n) is 12.1. The number of nitrogens with one attached hydrogen (secondary N) is 1. The van der Waals surface area contributed by atoms with Crippen molar-refractivity contribution in [3.8, 4) is 5.75 Å². The van der Waals surface area contributed by atoms with Crippen LogP contribution in [0.25, 0.3) is 0 Å². The Morgan fingerprint density at radius 2 is 2.30 bits per heavy atom. The third-order valence-corrected chi connectivity index (χ3v) is 3.74. The predicted molar refractivity (Wildman–Crippen MR) is 82.6 cm³/mol. The van der Waals surface area contributed by atoms with E-state index in [0.717, 1.165) is 37.2 Å². The maximum absolute atomic E-state index is 12.1. The first-order valence-corrected chi connectivity index (χ1v) is 6.80. The fraction of sp³-hybridized carbons (Fsp3) is 0.533. The van der Waals surface area contributed by atoms with Crippen LogP contribution >= 0.6 is 12.4 Å².